The number of hydrogen-bond donors (Lipinski definition) is 2. The van der Waals surface area contributed by atoms with Crippen LogP contribution >= 0.6 is 0 Å². The van der Waals surface area contributed by atoms with Gasteiger partial charge in [0.15, 0.2) is 0 Å². The Kier molecular flexibility index (Phi) is 5.90. The second kappa shape index (κ2) is 8.90. The van der Waals surface area contributed by atoms with E-state index in [2.05, 4.69) is 15.0 Å². The number of methoxy groups -OCH3 is 1. The fourth-order valence-corrected chi connectivity index (χ4v) is 5.66. The number of carbonyl (C=O) groups is 2. The molecule has 1 saturated carbocycles. The second-order valence-electron chi connectivity index (χ2n) is 9.73. The fraction of sp³-hybridized carbons (Fsp3) is 0.520. The minimum atomic E-state index is -0.714. The quantitative estimate of drug-likeness (QED) is 0.563. The molecule has 0 spiro atoms. The molecule has 3 heterocycles. The van der Waals surface area contributed by atoms with Crippen LogP contribution in [-0.2, 0) is 23.0 Å². The zero-order valence-corrected chi connectivity index (χ0v) is 20.6. The molecule has 1 amide bonds. The van der Waals surface area contributed by atoms with Crippen molar-refractivity contribution < 1.29 is 19.4 Å². The Hall–Kier alpha value is -3.56. The lowest BCUT2D eigenvalue weighted by Crippen LogP contribution is -2.42. The number of fused-ring (bicyclic) bond motifs is 3. The first-order chi connectivity index (χ1) is 16.8. The summed E-state index contributed by atoms with van der Waals surface area (Å²) in [5.74, 6) is 0.532. The van der Waals surface area contributed by atoms with E-state index >= 15 is 0 Å². The number of ether oxygens (including phenoxy) is 1. The Morgan fingerprint density at radius 2 is 1.91 bits per heavy atom. The molecule has 1 atom stereocenters. The third-order valence-electron chi connectivity index (χ3n) is 7.48. The molecular weight excluding hydrogens is 448 g/mol. The lowest BCUT2D eigenvalue weighted by molar-refractivity contribution is -0.143. The van der Waals surface area contributed by atoms with Crippen LogP contribution in [0, 0.1) is 12.8 Å². The molecule has 0 saturated heterocycles. The Labute approximate surface area is 203 Å². The van der Waals surface area contributed by atoms with Gasteiger partial charge in [-0.3, -0.25) is 14.4 Å². The number of amides is 1. The lowest BCUT2D eigenvalue weighted by Gasteiger charge is -2.34. The van der Waals surface area contributed by atoms with Gasteiger partial charge in [-0.15, -0.1) is 0 Å². The van der Waals surface area contributed by atoms with Crippen LogP contribution in [0.2, 0.25) is 0 Å². The van der Waals surface area contributed by atoms with Gasteiger partial charge in [0.1, 0.15) is 5.82 Å². The summed E-state index contributed by atoms with van der Waals surface area (Å²) < 4.78 is 9.08. The molecule has 1 aliphatic heterocycles. The standard InChI is InChI=1S/C25H32N6O4/c1-14-13-21(29(3)28-14)26-24-27-22-18-10-5-15(2)30(25(34)35-4)19(18)11-12-20(22)31(24)17-8-6-16(7-9-17)23(32)33/h11-13,15-17H,5-10H2,1-4H3,(H,26,27)(H,32,33). The maximum atomic E-state index is 12.6. The molecule has 2 aromatic heterocycles. The number of nitrogens with zero attached hydrogens (tertiary/aromatic N) is 5. The first-order valence-electron chi connectivity index (χ1n) is 12.2. The highest BCUT2D eigenvalue weighted by Crippen LogP contribution is 2.41. The van der Waals surface area contributed by atoms with Crippen LogP contribution in [0.5, 0.6) is 0 Å². The monoisotopic (exact) mass is 480 g/mol. The van der Waals surface area contributed by atoms with E-state index in [9.17, 15) is 14.7 Å². The molecule has 3 aromatic rings. The van der Waals surface area contributed by atoms with Crippen LogP contribution in [0.3, 0.4) is 0 Å². The maximum absolute atomic E-state index is 12.6. The van der Waals surface area contributed by atoms with Gasteiger partial charge in [-0.2, -0.15) is 5.10 Å². The zero-order valence-electron chi connectivity index (χ0n) is 20.6. The average Bonchev–Trinajstić information content (AvgIpc) is 3.36. The summed E-state index contributed by atoms with van der Waals surface area (Å²) in [5, 5.41) is 17.4. The number of hydrogen-bond acceptors (Lipinski definition) is 6. The van der Waals surface area contributed by atoms with Gasteiger partial charge in [0, 0.05) is 30.8 Å². The third-order valence-corrected chi connectivity index (χ3v) is 7.48. The average molecular weight is 481 g/mol. The van der Waals surface area contributed by atoms with Crippen LogP contribution in [-0.4, -0.2) is 49.7 Å². The summed E-state index contributed by atoms with van der Waals surface area (Å²) in [4.78, 5) is 30.9. The van der Waals surface area contributed by atoms with E-state index in [1.54, 1.807) is 9.58 Å². The summed E-state index contributed by atoms with van der Waals surface area (Å²) in [5.41, 5.74) is 4.63. The first kappa shape index (κ1) is 23.2. The van der Waals surface area contributed by atoms with Gasteiger partial charge >= 0.3 is 12.1 Å². The Morgan fingerprint density at radius 3 is 2.54 bits per heavy atom. The molecule has 10 heteroatoms. The summed E-state index contributed by atoms with van der Waals surface area (Å²) in [7, 11) is 3.29. The molecule has 1 aliphatic carbocycles. The van der Waals surface area contributed by atoms with Crippen LogP contribution in [0.25, 0.3) is 11.0 Å². The van der Waals surface area contributed by atoms with Gasteiger partial charge in [-0.25, -0.2) is 9.78 Å². The smallest absolute Gasteiger partial charge is 0.414 e. The normalized spacial score (nSPS) is 22.2. The van der Waals surface area contributed by atoms with Gasteiger partial charge in [-0.05, 0) is 64.5 Å². The van der Waals surface area contributed by atoms with Crippen LogP contribution in [0.15, 0.2) is 18.2 Å². The van der Waals surface area contributed by atoms with E-state index in [0.717, 1.165) is 59.5 Å². The maximum Gasteiger partial charge on any atom is 0.414 e. The number of imidazole rings is 1. The number of carboxylic acids is 1. The molecule has 2 aliphatic rings. The highest BCUT2D eigenvalue weighted by atomic mass is 16.5. The van der Waals surface area contributed by atoms with Crippen molar-refractivity contribution in [3.05, 3.63) is 29.5 Å². The lowest BCUT2D eigenvalue weighted by atomic mass is 9.86. The first-order valence-corrected chi connectivity index (χ1v) is 12.2. The number of aromatic nitrogens is 4. The molecule has 2 N–H and O–H groups in total. The van der Waals surface area contributed by atoms with Crippen molar-refractivity contribution in [2.75, 3.05) is 17.3 Å². The molecule has 10 nitrogen and oxygen atoms in total. The van der Waals surface area contributed by atoms with Crippen LogP contribution in [0.1, 0.15) is 56.3 Å². The van der Waals surface area contributed by atoms with E-state index in [0.29, 0.717) is 18.8 Å². The summed E-state index contributed by atoms with van der Waals surface area (Å²) in [6.07, 6.45) is 4.09. The predicted octanol–water partition coefficient (Wildman–Crippen LogP) is 4.55. The molecule has 186 valence electrons. The third kappa shape index (κ3) is 4.00. The van der Waals surface area contributed by atoms with E-state index in [1.807, 2.05) is 39.1 Å². The van der Waals surface area contributed by atoms with E-state index in [-0.39, 0.29) is 24.1 Å². The second-order valence-corrected chi connectivity index (χ2v) is 9.73. The van der Waals surface area contributed by atoms with E-state index in [4.69, 9.17) is 9.72 Å². The summed E-state index contributed by atoms with van der Waals surface area (Å²) in [6.45, 7) is 3.97. The number of rotatable bonds is 4. The van der Waals surface area contributed by atoms with E-state index in [1.165, 1.54) is 7.11 Å². The highest BCUT2D eigenvalue weighted by Gasteiger charge is 2.34. The van der Waals surface area contributed by atoms with Gasteiger partial charge in [0.25, 0.3) is 0 Å². The van der Waals surface area contributed by atoms with Crippen LogP contribution in [0.4, 0.5) is 22.2 Å². The molecular formula is C25H32N6O4. The van der Waals surface area contributed by atoms with Gasteiger partial charge in [-0.1, -0.05) is 0 Å². The van der Waals surface area contributed by atoms with Crippen molar-refractivity contribution in [3.63, 3.8) is 0 Å². The number of anilines is 3. The summed E-state index contributed by atoms with van der Waals surface area (Å²) in [6, 6.07) is 6.16. The molecule has 1 unspecified atom stereocenters. The number of carbonyl (C=O) groups excluding carboxylic acids is 1. The molecule has 1 fully saturated rings. The largest absolute Gasteiger partial charge is 0.481 e. The molecule has 5 rings (SSSR count). The summed E-state index contributed by atoms with van der Waals surface area (Å²) >= 11 is 0. The zero-order chi connectivity index (χ0) is 24.9. The number of nitrogens with one attached hydrogen (secondary N) is 1. The fourth-order valence-electron chi connectivity index (χ4n) is 5.66. The topological polar surface area (TPSA) is 115 Å². The van der Waals surface area contributed by atoms with Crippen molar-refractivity contribution in [3.8, 4) is 0 Å². The number of benzene rings is 1. The molecule has 35 heavy (non-hydrogen) atoms. The molecule has 0 bridgehead atoms. The Morgan fingerprint density at radius 1 is 1.17 bits per heavy atom. The van der Waals surface area contributed by atoms with Gasteiger partial charge < -0.3 is 19.7 Å². The van der Waals surface area contributed by atoms with Gasteiger partial charge in [0.2, 0.25) is 5.95 Å². The van der Waals surface area contributed by atoms with Crippen molar-refractivity contribution >= 4 is 40.5 Å². The number of aryl methyl sites for hydroxylation is 3. The Balaban J connectivity index is 1.62. The number of aliphatic carboxylic acids is 1. The van der Waals surface area contributed by atoms with Crippen molar-refractivity contribution in [2.45, 2.75) is 64.5 Å². The predicted molar refractivity (Wildman–Crippen MR) is 132 cm³/mol. The number of carboxylic acid groups (broad SMARTS) is 1. The van der Waals surface area contributed by atoms with Crippen molar-refractivity contribution in [1.29, 1.82) is 0 Å². The SMILES string of the molecule is COC(=O)N1c2ccc3c(nc(Nc4cc(C)nn4C)n3C3CCC(C(=O)O)CC3)c2CCC1C. The van der Waals surface area contributed by atoms with Crippen molar-refractivity contribution in [1.82, 2.24) is 19.3 Å². The minimum absolute atomic E-state index is 0.0378. The van der Waals surface area contributed by atoms with Crippen molar-refractivity contribution in [2.24, 2.45) is 13.0 Å². The molecule has 0 radical (unpaired) electrons. The Bertz CT molecular complexity index is 1290. The molecule has 1 aromatic carbocycles. The minimum Gasteiger partial charge on any atom is -0.481 e. The van der Waals surface area contributed by atoms with E-state index < -0.39 is 5.97 Å². The van der Waals surface area contributed by atoms with Crippen LogP contribution < -0.4 is 10.2 Å². The highest BCUT2D eigenvalue weighted by molar-refractivity contribution is 5.96. The van der Waals surface area contributed by atoms with Gasteiger partial charge in [0.05, 0.1) is 35.4 Å².